The molecule has 0 atom stereocenters. The number of aromatic nitrogens is 4. The highest BCUT2D eigenvalue weighted by Crippen LogP contribution is 2.32. The fraction of sp³-hybridized carbons (Fsp3) is 0.188. The minimum atomic E-state index is -0.0575. The number of fused-ring (bicyclic) bond motifs is 3. The van der Waals surface area contributed by atoms with Gasteiger partial charge in [0.05, 0.1) is 23.0 Å². The van der Waals surface area contributed by atoms with E-state index in [4.69, 9.17) is 0 Å². The van der Waals surface area contributed by atoms with Gasteiger partial charge in [0, 0.05) is 29.7 Å². The van der Waals surface area contributed by atoms with Gasteiger partial charge in [-0.3, -0.25) is 9.78 Å². The number of nitrogens with zero attached hydrogens (tertiary/aromatic N) is 4. The van der Waals surface area contributed by atoms with Crippen molar-refractivity contribution in [1.29, 1.82) is 0 Å². The quantitative estimate of drug-likeness (QED) is 0.572. The molecule has 0 saturated carbocycles. The summed E-state index contributed by atoms with van der Waals surface area (Å²) in [6, 6.07) is 5.91. The average Bonchev–Trinajstić information content (AvgIpc) is 3.01. The first kappa shape index (κ1) is 13.2. The fourth-order valence-corrected chi connectivity index (χ4v) is 3.86. The van der Waals surface area contributed by atoms with Crippen LogP contribution in [0.4, 0.5) is 0 Å². The Labute approximate surface area is 130 Å². The summed E-state index contributed by atoms with van der Waals surface area (Å²) in [7, 11) is 1.94. The van der Waals surface area contributed by atoms with Crippen molar-refractivity contribution >= 4 is 32.5 Å². The maximum Gasteiger partial charge on any atom is 0.291 e. The zero-order valence-corrected chi connectivity index (χ0v) is 13.1. The Hall–Kier alpha value is -2.47. The molecule has 0 aliphatic heterocycles. The SMILES string of the molecule is Cc1cc2c(s1)c1cnn(Cc3ccncc3)c(=O)c1n2C. The van der Waals surface area contributed by atoms with Crippen molar-refractivity contribution in [2.75, 3.05) is 0 Å². The van der Waals surface area contributed by atoms with E-state index in [-0.39, 0.29) is 5.56 Å². The molecule has 6 heteroatoms. The van der Waals surface area contributed by atoms with Gasteiger partial charge in [0.15, 0.2) is 0 Å². The Kier molecular flexibility index (Phi) is 2.87. The lowest BCUT2D eigenvalue weighted by atomic mass is 10.3. The fourth-order valence-electron chi connectivity index (χ4n) is 2.81. The molecule has 4 aromatic rings. The number of thiophene rings is 1. The molecule has 4 heterocycles. The van der Waals surface area contributed by atoms with Crippen LogP contribution < -0.4 is 5.56 Å². The second kappa shape index (κ2) is 4.78. The number of pyridine rings is 1. The number of hydrogen-bond donors (Lipinski definition) is 0. The highest BCUT2D eigenvalue weighted by Gasteiger charge is 2.15. The minimum absolute atomic E-state index is 0.0575. The van der Waals surface area contributed by atoms with Crippen LogP contribution in [0.15, 0.2) is 41.6 Å². The summed E-state index contributed by atoms with van der Waals surface area (Å²) in [5, 5.41) is 5.29. The summed E-state index contributed by atoms with van der Waals surface area (Å²) in [5.41, 5.74) is 2.76. The molecule has 22 heavy (non-hydrogen) atoms. The van der Waals surface area contributed by atoms with Gasteiger partial charge in [-0.1, -0.05) is 0 Å². The molecule has 0 bridgehead atoms. The van der Waals surface area contributed by atoms with Crippen molar-refractivity contribution in [2.45, 2.75) is 13.5 Å². The Bertz CT molecular complexity index is 1040. The predicted octanol–water partition coefficient (Wildman–Crippen LogP) is 2.70. The first-order chi connectivity index (χ1) is 10.6. The third kappa shape index (κ3) is 1.88. The van der Waals surface area contributed by atoms with Crippen LogP contribution in [-0.4, -0.2) is 19.3 Å². The molecule has 0 unspecified atom stereocenters. The molecule has 0 saturated heterocycles. The van der Waals surface area contributed by atoms with E-state index in [1.54, 1.807) is 29.9 Å². The molecular weight excluding hydrogens is 296 g/mol. The second-order valence-corrected chi connectivity index (χ2v) is 6.61. The lowest BCUT2D eigenvalue weighted by Gasteiger charge is -2.05. The van der Waals surface area contributed by atoms with E-state index in [0.29, 0.717) is 12.1 Å². The summed E-state index contributed by atoms with van der Waals surface area (Å²) >= 11 is 1.70. The van der Waals surface area contributed by atoms with Crippen molar-refractivity contribution in [2.24, 2.45) is 7.05 Å². The van der Waals surface area contributed by atoms with Crippen LogP contribution in [-0.2, 0) is 13.6 Å². The van der Waals surface area contributed by atoms with E-state index >= 15 is 0 Å². The van der Waals surface area contributed by atoms with Crippen molar-refractivity contribution in [1.82, 2.24) is 19.3 Å². The molecule has 0 radical (unpaired) electrons. The van der Waals surface area contributed by atoms with Crippen molar-refractivity contribution in [3.8, 4) is 0 Å². The van der Waals surface area contributed by atoms with Crippen LogP contribution >= 0.6 is 11.3 Å². The molecular formula is C16H14N4OS. The van der Waals surface area contributed by atoms with Crippen LogP contribution in [0.5, 0.6) is 0 Å². The highest BCUT2D eigenvalue weighted by molar-refractivity contribution is 7.20. The summed E-state index contributed by atoms with van der Waals surface area (Å²) in [5.74, 6) is 0. The van der Waals surface area contributed by atoms with E-state index < -0.39 is 0 Å². The van der Waals surface area contributed by atoms with Gasteiger partial charge in [0.1, 0.15) is 5.52 Å². The lowest BCUT2D eigenvalue weighted by Crippen LogP contribution is -2.24. The molecule has 0 N–H and O–H groups in total. The summed E-state index contributed by atoms with van der Waals surface area (Å²) in [4.78, 5) is 18.0. The zero-order valence-electron chi connectivity index (χ0n) is 12.3. The van der Waals surface area contributed by atoms with Gasteiger partial charge in [0.25, 0.3) is 5.56 Å². The summed E-state index contributed by atoms with van der Waals surface area (Å²) in [6.07, 6.45) is 5.25. The van der Waals surface area contributed by atoms with Crippen LogP contribution in [0.25, 0.3) is 21.1 Å². The van der Waals surface area contributed by atoms with Gasteiger partial charge in [-0.2, -0.15) is 5.10 Å². The number of hydrogen-bond acceptors (Lipinski definition) is 4. The summed E-state index contributed by atoms with van der Waals surface area (Å²) in [6.45, 7) is 2.53. The number of rotatable bonds is 2. The third-order valence-electron chi connectivity index (χ3n) is 3.88. The molecule has 0 fully saturated rings. The van der Waals surface area contributed by atoms with Crippen LogP contribution in [0.1, 0.15) is 10.4 Å². The zero-order chi connectivity index (χ0) is 15.3. The summed E-state index contributed by atoms with van der Waals surface area (Å²) < 4.78 is 4.62. The monoisotopic (exact) mass is 310 g/mol. The second-order valence-electron chi connectivity index (χ2n) is 5.36. The van der Waals surface area contributed by atoms with Gasteiger partial charge >= 0.3 is 0 Å². The molecule has 0 aliphatic carbocycles. The smallest absolute Gasteiger partial charge is 0.291 e. The van der Waals surface area contributed by atoms with Crippen LogP contribution in [0.2, 0.25) is 0 Å². The standard InChI is InChI=1S/C16H14N4OS/c1-10-7-13-15(22-10)12-8-18-20(16(21)14(12)19(13)2)9-11-3-5-17-6-4-11/h3-8H,9H2,1-2H3. The minimum Gasteiger partial charge on any atom is -0.338 e. The van der Waals surface area contributed by atoms with Gasteiger partial charge in [-0.05, 0) is 30.7 Å². The number of aryl methyl sites for hydroxylation is 2. The first-order valence-corrected chi connectivity index (χ1v) is 7.80. The van der Waals surface area contributed by atoms with Crippen molar-refractivity contribution in [3.05, 3.63) is 57.6 Å². The van der Waals surface area contributed by atoms with Gasteiger partial charge in [0.2, 0.25) is 0 Å². The lowest BCUT2D eigenvalue weighted by molar-refractivity contribution is 0.643. The van der Waals surface area contributed by atoms with Crippen molar-refractivity contribution in [3.63, 3.8) is 0 Å². The van der Waals surface area contributed by atoms with E-state index in [2.05, 4.69) is 23.1 Å². The van der Waals surface area contributed by atoms with Crippen LogP contribution in [0.3, 0.4) is 0 Å². The van der Waals surface area contributed by atoms with Gasteiger partial charge < -0.3 is 4.57 Å². The largest absolute Gasteiger partial charge is 0.338 e. The average molecular weight is 310 g/mol. The van der Waals surface area contributed by atoms with E-state index in [9.17, 15) is 4.79 Å². The highest BCUT2D eigenvalue weighted by atomic mass is 32.1. The van der Waals surface area contributed by atoms with E-state index in [0.717, 1.165) is 21.2 Å². The van der Waals surface area contributed by atoms with Gasteiger partial charge in [-0.25, -0.2) is 4.68 Å². The molecule has 5 nitrogen and oxygen atoms in total. The molecule has 0 aromatic carbocycles. The molecule has 0 amide bonds. The molecule has 4 rings (SSSR count). The Balaban J connectivity index is 1.94. The third-order valence-corrected chi connectivity index (χ3v) is 4.95. The Morgan fingerprint density at radius 1 is 1.27 bits per heavy atom. The molecule has 110 valence electrons. The van der Waals surface area contributed by atoms with Crippen molar-refractivity contribution < 1.29 is 0 Å². The normalized spacial score (nSPS) is 11.5. The van der Waals surface area contributed by atoms with E-state index in [1.807, 2.05) is 23.7 Å². The van der Waals surface area contributed by atoms with E-state index in [1.165, 1.54) is 9.56 Å². The maximum absolute atomic E-state index is 12.8. The Morgan fingerprint density at radius 2 is 2.05 bits per heavy atom. The van der Waals surface area contributed by atoms with Crippen LogP contribution in [0, 0.1) is 6.92 Å². The molecule has 0 aliphatic rings. The Morgan fingerprint density at radius 3 is 2.82 bits per heavy atom. The topological polar surface area (TPSA) is 52.7 Å². The van der Waals surface area contributed by atoms with Gasteiger partial charge in [-0.15, -0.1) is 11.3 Å². The predicted molar refractivity (Wildman–Crippen MR) is 88.4 cm³/mol. The first-order valence-electron chi connectivity index (χ1n) is 6.98. The molecule has 0 spiro atoms. The maximum atomic E-state index is 12.8. The molecule has 4 aromatic heterocycles.